The Morgan fingerprint density at radius 3 is 3.00 bits per heavy atom. The van der Waals surface area contributed by atoms with Crippen LogP contribution in [0.3, 0.4) is 0 Å². The minimum Gasteiger partial charge on any atom is -0.370 e. The second kappa shape index (κ2) is 7.06. The Bertz CT molecular complexity index is 321. The molecule has 1 N–H and O–H groups in total. The van der Waals surface area contributed by atoms with Crippen LogP contribution in [-0.2, 0) is 11.3 Å². The molecule has 0 aliphatic carbocycles. The third-order valence-electron chi connectivity index (χ3n) is 2.40. The first-order valence-corrected chi connectivity index (χ1v) is 6.29. The quantitative estimate of drug-likeness (QED) is 0.833. The van der Waals surface area contributed by atoms with E-state index in [4.69, 9.17) is 4.74 Å². The van der Waals surface area contributed by atoms with Crippen LogP contribution in [-0.4, -0.2) is 35.4 Å². The van der Waals surface area contributed by atoms with E-state index in [9.17, 15) is 0 Å². The Balaban J connectivity index is 0.00000128. The first kappa shape index (κ1) is 13.7. The average molecular weight is 262 g/mol. The third-order valence-corrected chi connectivity index (χ3v) is 3.13. The van der Waals surface area contributed by atoms with Gasteiger partial charge in [-0.25, -0.2) is 4.98 Å². The summed E-state index contributed by atoms with van der Waals surface area (Å²) >= 11 is 1.61. The summed E-state index contributed by atoms with van der Waals surface area (Å²) in [7, 11) is 0. The van der Waals surface area contributed by atoms with Gasteiger partial charge < -0.3 is 10.1 Å². The van der Waals surface area contributed by atoms with Crippen LogP contribution in [0.4, 0.5) is 0 Å². The van der Waals surface area contributed by atoms with Gasteiger partial charge >= 0.3 is 0 Å². The van der Waals surface area contributed by atoms with Crippen LogP contribution in [0.25, 0.3) is 0 Å². The molecule has 0 spiro atoms. The van der Waals surface area contributed by atoms with Gasteiger partial charge in [-0.1, -0.05) is 0 Å². The monoisotopic (exact) mass is 261 g/mol. The summed E-state index contributed by atoms with van der Waals surface area (Å²) < 4.78 is 5.75. The molecule has 1 atom stereocenters. The number of thioether (sulfide) groups is 1. The fourth-order valence-electron chi connectivity index (χ4n) is 1.59. The van der Waals surface area contributed by atoms with Crippen molar-refractivity contribution >= 4 is 24.2 Å². The standard InChI is InChI=1S/C10H15N3OS.ClH/c1-15-10-9(12-4-5-13-10)7-14-8-2-3-11-6-8;/h4-5,8,11H,2-3,6-7H2,1H3;1H/t8-;/m1./s1. The van der Waals surface area contributed by atoms with Crippen molar-refractivity contribution in [2.45, 2.75) is 24.2 Å². The lowest BCUT2D eigenvalue weighted by Crippen LogP contribution is -2.17. The second-order valence-corrected chi connectivity index (χ2v) is 4.23. The first-order valence-electron chi connectivity index (χ1n) is 5.06. The van der Waals surface area contributed by atoms with Gasteiger partial charge in [0.05, 0.1) is 18.4 Å². The van der Waals surface area contributed by atoms with E-state index in [2.05, 4.69) is 15.3 Å². The highest BCUT2D eigenvalue weighted by atomic mass is 35.5. The van der Waals surface area contributed by atoms with Crippen LogP contribution in [0.2, 0.25) is 0 Å². The summed E-state index contributed by atoms with van der Waals surface area (Å²) in [6.45, 7) is 2.58. The molecular formula is C10H16ClN3OS. The van der Waals surface area contributed by atoms with E-state index in [0.29, 0.717) is 12.7 Å². The zero-order chi connectivity index (χ0) is 10.5. The molecule has 0 bridgehead atoms. The number of nitrogens with zero attached hydrogens (tertiary/aromatic N) is 2. The van der Waals surface area contributed by atoms with Crippen molar-refractivity contribution in [3.8, 4) is 0 Å². The van der Waals surface area contributed by atoms with Crippen molar-refractivity contribution in [2.75, 3.05) is 19.3 Å². The summed E-state index contributed by atoms with van der Waals surface area (Å²) in [6.07, 6.45) is 6.86. The predicted molar refractivity (Wildman–Crippen MR) is 67.1 cm³/mol. The van der Waals surface area contributed by atoms with Gasteiger partial charge in [-0.05, 0) is 19.2 Å². The van der Waals surface area contributed by atoms with Crippen molar-refractivity contribution in [3.05, 3.63) is 18.1 Å². The van der Waals surface area contributed by atoms with Gasteiger partial charge in [-0.2, -0.15) is 0 Å². The first-order chi connectivity index (χ1) is 7.40. The van der Waals surface area contributed by atoms with Gasteiger partial charge in [0.2, 0.25) is 0 Å². The zero-order valence-corrected chi connectivity index (χ0v) is 10.8. The van der Waals surface area contributed by atoms with E-state index in [-0.39, 0.29) is 12.4 Å². The van der Waals surface area contributed by atoms with E-state index >= 15 is 0 Å². The number of ether oxygens (including phenoxy) is 1. The maximum Gasteiger partial charge on any atom is 0.120 e. The van der Waals surface area contributed by atoms with Crippen LogP contribution in [0.1, 0.15) is 12.1 Å². The van der Waals surface area contributed by atoms with E-state index in [1.807, 2.05) is 6.26 Å². The third kappa shape index (κ3) is 3.59. The maximum absolute atomic E-state index is 5.75. The molecule has 0 saturated carbocycles. The Morgan fingerprint density at radius 1 is 1.50 bits per heavy atom. The minimum atomic E-state index is 0. The highest BCUT2D eigenvalue weighted by molar-refractivity contribution is 7.98. The van der Waals surface area contributed by atoms with E-state index in [1.165, 1.54) is 0 Å². The Hall–Kier alpha value is -0.360. The molecule has 1 aliphatic rings. The molecule has 90 valence electrons. The Morgan fingerprint density at radius 2 is 2.31 bits per heavy atom. The second-order valence-electron chi connectivity index (χ2n) is 3.44. The number of hydrogen-bond acceptors (Lipinski definition) is 5. The Kier molecular flexibility index (Phi) is 6.05. The molecular weight excluding hydrogens is 246 g/mol. The van der Waals surface area contributed by atoms with Crippen LogP contribution < -0.4 is 5.32 Å². The molecule has 1 aromatic rings. The highest BCUT2D eigenvalue weighted by Gasteiger charge is 2.15. The van der Waals surface area contributed by atoms with E-state index < -0.39 is 0 Å². The number of halogens is 1. The normalized spacial score (nSPS) is 19.4. The van der Waals surface area contributed by atoms with Crippen LogP contribution in [0, 0.1) is 0 Å². The van der Waals surface area contributed by atoms with E-state index in [0.717, 1.165) is 30.2 Å². The lowest BCUT2D eigenvalue weighted by Gasteiger charge is -2.10. The number of aromatic nitrogens is 2. The fraction of sp³-hybridized carbons (Fsp3) is 0.600. The van der Waals surface area contributed by atoms with Gasteiger partial charge in [-0.3, -0.25) is 4.98 Å². The molecule has 16 heavy (non-hydrogen) atoms. The van der Waals surface area contributed by atoms with E-state index in [1.54, 1.807) is 24.2 Å². The molecule has 0 amide bonds. The van der Waals surface area contributed by atoms with Crippen molar-refractivity contribution in [1.29, 1.82) is 0 Å². The molecule has 1 aromatic heterocycles. The topological polar surface area (TPSA) is 47.0 Å². The minimum absolute atomic E-state index is 0. The lowest BCUT2D eigenvalue weighted by molar-refractivity contribution is 0.0506. The molecule has 2 heterocycles. The summed E-state index contributed by atoms with van der Waals surface area (Å²) in [5, 5.41) is 4.23. The number of hydrogen-bond donors (Lipinski definition) is 1. The molecule has 4 nitrogen and oxygen atoms in total. The summed E-state index contributed by atoms with van der Waals surface area (Å²) in [4.78, 5) is 8.53. The van der Waals surface area contributed by atoms with Crippen molar-refractivity contribution in [2.24, 2.45) is 0 Å². The zero-order valence-electron chi connectivity index (χ0n) is 9.18. The fourth-order valence-corrected chi connectivity index (χ4v) is 2.10. The predicted octanol–water partition coefficient (Wildman–Crippen LogP) is 1.50. The van der Waals surface area contributed by atoms with Crippen molar-refractivity contribution in [3.63, 3.8) is 0 Å². The average Bonchev–Trinajstić information content (AvgIpc) is 2.79. The number of nitrogens with one attached hydrogen (secondary N) is 1. The molecule has 6 heteroatoms. The summed E-state index contributed by atoms with van der Waals surface area (Å²) in [5.41, 5.74) is 0.942. The SMILES string of the molecule is CSc1nccnc1CO[C@@H]1CCNC1.Cl. The molecule has 0 radical (unpaired) electrons. The molecule has 2 rings (SSSR count). The molecule has 1 aliphatic heterocycles. The van der Waals surface area contributed by atoms with Gasteiger partial charge in [-0.15, -0.1) is 24.2 Å². The van der Waals surface area contributed by atoms with Gasteiger partial charge in [0, 0.05) is 18.9 Å². The smallest absolute Gasteiger partial charge is 0.120 e. The van der Waals surface area contributed by atoms with Gasteiger partial charge in [0.25, 0.3) is 0 Å². The van der Waals surface area contributed by atoms with Crippen LogP contribution >= 0.6 is 24.2 Å². The van der Waals surface area contributed by atoms with Crippen molar-refractivity contribution in [1.82, 2.24) is 15.3 Å². The largest absolute Gasteiger partial charge is 0.370 e. The summed E-state index contributed by atoms with van der Waals surface area (Å²) in [6, 6.07) is 0. The maximum atomic E-state index is 5.75. The lowest BCUT2D eigenvalue weighted by atomic mass is 10.3. The number of rotatable bonds is 4. The van der Waals surface area contributed by atoms with Crippen molar-refractivity contribution < 1.29 is 4.74 Å². The van der Waals surface area contributed by atoms with Crippen LogP contribution in [0.15, 0.2) is 17.4 Å². The Labute approximate surface area is 106 Å². The molecule has 1 saturated heterocycles. The van der Waals surface area contributed by atoms with Crippen LogP contribution in [0.5, 0.6) is 0 Å². The van der Waals surface area contributed by atoms with Gasteiger partial charge in [0.15, 0.2) is 0 Å². The molecule has 0 aromatic carbocycles. The highest BCUT2D eigenvalue weighted by Crippen LogP contribution is 2.16. The van der Waals surface area contributed by atoms with Gasteiger partial charge in [0.1, 0.15) is 5.03 Å². The molecule has 0 unspecified atom stereocenters. The molecule has 1 fully saturated rings. The summed E-state index contributed by atoms with van der Waals surface area (Å²) in [5.74, 6) is 0.